The summed E-state index contributed by atoms with van der Waals surface area (Å²) in [7, 11) is 4.00. The third-order valence-electron chi connectivity index (χ3n) is 9.75. The van der Waals surface area contributed by atoms with Crippen LogP contribution < -0.4 is 5.32 Å². The van der Waals surface area contributed by atoms with Gasteiger partial charge in [-0.2, -0.15) is 0 Å². The third-order valence-corrected chi connectivity index (χ3v) is 9.75. The van der Waals surface area contributed by atoms with Gasteiger partial charge in [-0.25, -0.2) is 0 Å². The second kappa shape index (κ2) is 13.8. The Morgan fingerprint density at radius 1 is 0.765 bits per heavy atom. The average molecular weight is 471 g/mol. The minimum absolute atomic E-state index is 0.0427. The van der Waals surface area contributed by atoms with Crippen molar-refractivity contribution in [1.82, 2.24) is 5.32 Å². The highest BCUT2D eigenvalue weighted by Gasteiger charge is 2.40. The molecule has 2 unspecified atom stereocenters. The summed E-state index contributed by atoms with van der Waals surface area (Å²) in [5, 5.41) is 4.52. The van der Waals surface area contributed by atoms with E-state index in [4.69, 9.17) is 0 Å². The summed E-state index contributed by atoms with van der Waals surface area (Å²) in [4.78, 5) is 13.7. The number of nitrogens with one attached hydrogen (secondary N) is 1. The number of carbonyl (C=O) groups is 1. The first kappa shape index (κ1) is 29.8. The fourth-order valence-electron chi connectivity index (χ4n) is 7.72. The maximum atomic E-state index is 13.7. The van der Waals surface area contributed by atoms with E-state index in [0.717, 1.165) is 38.5 Å². The summed E-state index contributed by atoms with van der Waals surface area (Å²) in [5.41, 5.74) is -0.248. The second-order valence-corrected chi connectivity index (χ2v) is 13.9. The number of amides is 1. The number of rotatable bonds is 8. The van der Waals surface area contributed by atoms with E-state index in [1.54, 1.807) is 0 Å². The summed E-state index contributed by atoms with van der Waals surface area (Å²) in [6.07, 6.45) is 25.7. The predicted octanol–water partition coefficient (Wildman–Crippen LogP) is 8.10. The van der Waals surface area contributed by atoms with Gasteiger partial charge in [0.1, 0.15) is 7.28 Å². The van der Waals surface area contributed by atoms with Gasteiger partial charge in [-0.3, -0.25) is 4.79 Å². The van der Waals surface area contributed by atoms with E-state index in [1.807, 2.05) is 0 Å². The topological polar surface area (TPSA) is 29.1 Å². The molecule has 2 aliphatic rings. The maximum Gasteiger partial charge on any atom is 0.226 e. The summed E-state index contributed by atoms with van der Waals surface area (Å²) < 4.78 is 0. The standard InChI is InChI=1S/C30H59B2NO/c1-6-18-29(5,19-7-2)33-26(34)27(3)20-13-12-16-24-30(31,25-17-21-27)32-28(4)22-14-10-8-9-11-15-23-28/h32H,6-25,31H2,1-5H3,(H,33,34). The Bertz CT molecular complexity index is 593. The van der Waals surface area contributed by atoms with Crippen molar-refractivity contribution in [2.24, 2.45) is 5.41 Å². The molecule has 0 aliphatic heterocycles. The first-order chi connectivity index (χ1) is 16.1. The fourth-order valence-corrected chi connectivity index (χ4v) is 7.72. The normalized spacial score (nSPS) is 29.8. The lowest BCUT2D eigenvalue weighted by atomic mass is 9.29. The molecule has 2 saturated carbocycles. The van der Waals surface area contributed by atoms with Gasteiger partial charge in [0.15, 0.2) is 0 Å². The minimum atomic E-state index is -0.205. The number of carbonyl (C=O) groups excluding carboxylic acids is 1. The molecule has 1 amide bonds. The summed E-state index contributed by atoms with van der Waals surface area (Å²) in [5.74, 6) is 0.336. The van der Waals surface area contributed by atoms with Gasteiger partial charge in [0, 0.05) is 11.0 Å². The largest absolute Gasteiger partial charge is 0.350 e. The van der Waals surface area contributed by atoms with E-state index in [2.05, 4.69) is 47.8 Å². The number of hydrogen-bond donors (Lipinski definition) is 1. The van der Waals surface area contributed by atoms with Crippen LogP contribution in [0.25, 0.3) is 0 Å². The van der Waals surface area contributed by atoms with Crippen LogP contribution in [0.4, 0.5) is 0 Å². The Morgan fingerprint density at radius 2 is 1.21 bits per heavy atom. The van der Waals surface area contributed by atoms with Crippen LogP contribution in [-0.4, -0.2) is 26.6 Å². The Kier molecular flexibility index (Phi) is 12.1. The van der Waals surface area contributed by atoms with Crippen molar-refractivity contribution in [2.75, 3.05) is 0 Å². The van der Waals surface area contributed by atoms with Crippen molar-refractivity contribution in [2.45, 2.75) is 179 Å². The molecule has 0 saturated heterocycles. The molecule has 34 heavy (non-hydrogen) atoms. The molecule has 2 nitrogen and oxygen atoms in total. The summed E-state index contributed by atoms with van der Waals surface area (Å²) in [6, 6.07) is 0. The first-order valence-electron chi connectivity index (χ1n) is 15.4. The number of hydrogen-bond acceptors (Lipinski definition) is 1. The van der Waals surface area contributed by atoms with E-state index >= 15 is 0 Å². The van der Waals surface area contributed by atoms with Gasteiger partial charge in [-0.15, -0.1) is 0 Å². The fraction of sp³-hybridized carbons (Fsp3) is 0.967. The third kappa shape index (κ3) is 9.57. The maximum absolute atomic E-state index is 13.7. The predicted molar refractivity (Wildman–Crippen MR) is 155 cm³/mol. The molecule has 0 bridgehead atoms. The molecule has 0 heterocycles. The SMILES string of the molecule is BC1(BC2(C)CCCCCCCC2)CCCCCC(C)(C(=O)NC(C)(CCC)CCC)CCC1. The monoisotopic (exact) mass is 471 g/mol. The van der Waals surface area contributed by atoms with Crippen molar-refractivity contribution in [1.29, 1.82) is 0 Å². The quantitative estimate of drug-likeness (QED) is 0.356. The molecular weight excluding hydrogens is 412 g/mol. The van der Waals surface area contributed by atoms with Crippen LogP contribution in [0, 0.1) is 5.41 Å². The Labute approximate surface area is 215 Å². The smallest absolute Gasteiger partial charge is 0.226 e. The molecule has 2 aliphatic carbocycles. The van der Waals surface area contributed by atoms with Crippen LogP contribution in [0.1, 0.15) is 163 Å². The molecule has 4 heteroatoms. The average Bonchev–Trinajstić information content (AvgIpc) is 2.85. The molecule has 0 aromatic carbocycles. The van der Waals surface area contributed by atoms with Crippen LogP contribution in [0.2, 0.25) is 10.5 Å². The minimum Gasteiger partial charge on any atom is -0.350 e. The van der Waals surface area contributed by atoms with Crippen LogP contribution >= 0.6 is 0 Å². The van der Waals surface area contributed by atoms with Gasteiger partial charge >= 0.3 is 0 Å². The zero-order valence-corrected chi connectivity index (χ0v) is 24.3. The van der Waals surface area contributed by atoms with Crippen molar-refractivity contribution in [3.05, 3.63) is 0 Å². The summed E-state index contributed by atoms with van der Waals surface area (Å²) >= 11 is 0. The van der Waals surface area contributed by atoms with Crippen LogP contribution in [0.15, 0.2) is 0 Å². The van der Waals surface area contributed by atoms with Crippen molar-refractivity contribution < 1.29 is 4.79 Å². The lowest BCUT2D eigenvalue weighted by Gasteiger charge is -2.41. The van der Waals surface area contributed by atoms with Crippen molar-refractivity contribution in [3.63, 3.8) is 0 Å². The van der Waals surface area contributed by atoms with Gasteiger partial charge in [-0.1, -0.05) is 141 Å². The van der Waals surface area contributed by atoms with Crippen molar-refractivity contribution >= 4 is 21.0 Å². The molecule has 2 rings (SSSR count). The van der Waals surface area contributed by atoms with Gasteiger partial charge in [0.25, 0.3) is 0 Å². The molecule has 0 aromatic rings. The highest BCUT2D eigenvalue weighted by Crippen LogP contribution is 2.49. The molecule has 2 atom stereocenters. The highest BCUT2D eigenvalue weighted by atomic mass is 16.2. The molecule has 0 aromatic heterocycles. The van der Waals surface area contributed by atoms with E-state index in [9.17, 15) is 4.79 Å². The molecule has 0 spiro atoms. The van der Waals surface area contributed by atoms with Gasteiger partial charge < -0.3 is 5.32 Å². The van der Waals surface area contributed by atoms with Crippen LogP contribution in [-0.2, 0) is 4.79 Å². The van der Waals surface area contributed by atoms with E-state index in [1.165, 1.54) is 97.2 Å². The Morgan fingerprint density at radius 3 is 1.79 bits per heavy atom. The molecule has 1 N–H and O–H groups in total. The van der Waals surface area contributed by atoms with E-state index in [0.29, 0.717) is 16.4 Å². The lowest BCUT2D eigenvalue weighted by Crippen LogP contribution is -2.51. The van der Waals surface area contributed by atoms with E-state index in [-0.39, 0.29) is 11.0 Å². The van der Waals surface area contributed by atoms with Crippen LogP contribution in [0.3, 0.4) is 0 Å². The Balaban J connectivity index is 2.06. The lowest BCUT2D eigenvalue weighted by molar-refractivity contribution is -0.133. The van der Waals surface area contributed by atoms with E-state index < -0.39 is 0 Å². The van der Waals surface area contributed by atoms with Gasteiger partial charge in [0.2, 0.25) is 5.91 Å². The van der Waals surface area contributed by atoms with Gasteiger partial charge in [-0.05, 0) is 32.6 Å². The van der Waals surface area contributed by atoms with Crippen LogP contribution in [0.5, 0.6) is 0 Å². The molecule has 0 radical (unpaired) electrons. The molecule has 2 fully saturated rings. The molecule has 196 valence electrons. The molecular formula is C30H59B2NO. The zero-order valence-electron chi connectivity index (χ0n) is 24.3. The van der Waals surface area contributed by atoms with Gasteiger partial charge in [0.05, 0.1) is 7.85 Å². The first-order valence-corrected chi connectivity index (χ1v) is 15.4. The summed E-state index contributed by atoms with van der Waals surface area (Å²) in [6.45, 7) is 11.6. The zero-order chi connectivity index (χ0) is 25.1. The van der Waals surface area contributed by atoms with Crippen molar-refractivity contribution in [3.8, 4) is 0 Å². The highest BCUT2D eigenvalue weighted by molar-refractivity contribution is 6.56. The Hall–Kier alpha value is -0.400. The second-order valence-electron chi connectivity index (χ2n) is 13.9.